The minimum atomic E-state index is 1.25. The monoisotopic (exact) mass is 67.0 g/mol. The van der Waals surface area contributed by atoms with E-state index in [1.165, 1.54) is 5.97 Å². The van der Waals surface area contributed by atoms with Gasteiger partial charge < -0.3 is 4.79 Å². The molecule has 0 spiro atoms. The summed E-state index contributed by atoms with van der Waals surface area (Å²) in [7, 11) is 4.15. The van der Waals surface area contributed by atoms with Crippen molar-refractivity contribution in [3.05, 3.63) is 0 Å². The van der Waals surface area contributed by atoms with Crippen molar-refractivity contribution in [2.75, 3.05) is 0 Å². The SMILES string of the molecule is C=O.[B]C#N. The Hall–Kier alpha value is -0.775. The Labute approximate surface area is 31.8 Å². The molecule has 0 rings (SSSR count). The number of hydrogen-bond donors (Lipinski definition) is 0. The summed E-state index contributed by atoms with van der Waals surface area (Å²) in [4.78, 5) is 8.00. The van der Waals surface area contributed by atoms with Crippen molar-refractivity contribution < 1.29 is 4.79 Å². The van der Waals surface area contributed by atoms with Crippen LogP contribution in [0.1, 0.15) is 0 Å². The average Bonchev–Trinajstić information content (AvgIpc) is 1.46. The van der Waals surface area contributed by atoms with E-state index in [1.807, 2.05) is 6.79 Å². The highest BCUT2D eigenvalue weighted by molar-refractivity contribution is 6.20. The van der Waals surface area contributed by atoms with Gasteiger partial charge in [0.25, 0.3) is 0 Å². The smallest absolute Gasteiger partial charge is 0.229 e. The molecular weight excluding hydrogens is 64.8 g/mol. The Morgan fingerprint density at radius 2 is 1.80 bits per heavy atom. The summed E-state index contributed by atoms with van der Waals surface area (Å²) < 4.78 is 0. The fourth-order valence-electron chi connectivity index (χ4n) is 0. The van der Waals surface area contributed by atoms with Crippen molar-refractivity contribution in [2.45, 2.75) is 0 Å². The zero-order valence-corrected chi connectivity index (χ0v) is 2.64. The molecule has 0 saturated carbocycles. The van der Waals surface area contributed by atoms with Crippen LogP contribution >= 0.6 is 0 Å². The third-order valence-corrected chi connectivity index (χ3v) is 0. The lowest BCUT2D eigenvalue weighted by Gasteiger charge is -1.12. The summed E-state index contributed by atoms with van der Waals surface area (Å²) in [6.07, 6.45) is 0. The Bertz CT molecular complexity index is 39.4. The predicted molar refractivity (Wildman–Crippen MR) is 18.5 cm³/mol. The second kappa shape index (κ2) is 316. The number of rotatable bonds is 0. The van der Waals surface area contributed by atoms with Crippen LogP contribution in [-0.2, 0) is 4.79 Å². The summed E-state index contributed by atoms with van der Waals surface area (Å²) in [6.45, 7) is 2.00. The molecule has 24 valence electrons. The van der Waals surface area contributed by atoms with Gasteiger partial charge in [-0.05, 0) is 5.97 Å². The van der Waals surface area contributed by atoms with Gasteiger partial charge in [-0.1, -0.05) is 0 Å². The van der Waals surface area contributed by atoms with E-state index >= 15 is 0 Å². The van der Waals surface area contributed by atoms with E-state index in [0.717, 1.165) is 0 Å². The Balaban J connectivity index is 0. The highest BCUT2D eigenvalue weighted by atomic mass is 16.1. The molecule has 2 nitrogen and oxygen atoms in total. The Kier molecular flexibility index (Phi) is 560. The third kappa shape index (κ3) is 8.06. The molecule has 2 radical (unpaired) electrons. The minimum absolute atomic E-state index is 1.25. The van der Waals surface area contributed by atoms with Crippen LogP contribution in [0.25, 0.3) is 0 Å². The average molecular weight is 66.9 g/mol. The Morgan fingerprint density at radius 1 is 1.80 bits per heavy atom. The van der Waals surface area contributed by atoms with Gasteiger partial charge in [-0.3, -0.25) is 0 Å². The summed E-state index contributed by atoms with van der Waals surface area (Å²) in [5.74, 6) is 1.25. The van der Waals surface area contributed by atoms with E-state index < -0.39 is 0 Å². The van der Waals surface area contributed by atoms with Gasteiger partial charge in [0, 0.05) is 0 Å². The molecule has 5 heavy (non-hydrogen) atoms. The molecule has 0 saturated heterocycles. The van der Waals surface area contributed by atoms with Gasteiger partial charge in [0.05, 0.1) is 0 Å². The van der Waals surface area contributed by atoms with E-state index in [2.05, 4.69) is 7.85 Å². The van der Waals surface area contributed by atoms with E-state index in [-0.39, 0.29) is 0 Å². The molecule has 0 aromatic rings. The zero-order valence-electron chi connectivity index (χ0n) is 2.64. The van der Waals surface area contributed by atoms with Gasteiger partial charge in [-0.25, -0.2) is 5.26 Å². The molecule has 0 aromatic carbocycles. The first-order chi connectivity index (χ1) is 2.41. The van der Waals surface area contributed by atoms with E-state index in [1.54, 1.807) is 0 Å². The van der Waals surface area contributed by atoms with Gasteiger partial charge in [0.1, 0.15) is 6.79 Å². The first-order valence-corrected chi connectivity index (χ1v) is 0.801. The predicted octanol–water partition coefficient (Wildman–Crippen LogP) is -0.549. The number of nitriles is 1. The third-order valence-electron chi connectivity index (χ3n) is 0. The fourth-order valence-corrected chi connectivity index (χ4v) is 0. The number of carbonyl (C=O) groups is 1. The van der Waals surface area contributed by atoms with Crippen molar-refractivity contribution in [3.8, 4) is 5.97 Å². The highest BCUT2D eigenvalue weighted by Gasteiger charge is 1.22. The molecule has 0 N–H and O–H groups in total. The normalized spacial score (nSPS) is 2.20. The lowest BCUT2D eigenvalue weighted by Crippen LogP contribution is -1.32. The van der Waals surface area contributed by atoms with Crippen LogP contribution in [0.5, 0.6) is 0 Å². The largest absolute Gasteiger partial charge is 0.307 e. The van der Waals surface area contributed by atoms with Crippen molar-refractivity contribution >= 4 is 14.6 Å². The van der Waals surface area contributed by atoms with E-state index in [0.29, 0.717) is 0 Å². The van der Waals surface area contributed by atoms with Crippen LogP contribution in [0.4, 0.5) is 0 Å². The molecule has 0 fully saturated rings. The zero-order chi connectivity index (χ0) is 4.71. The standard InChI is InChI=1S/CBN.CH2O/c2-1-3;1-2/h;1H2. The number of carbonyl (C=O) groups excluding carboxylic acids is 1. The number of nitrogens with zero attached hydrogens (tertiary/aromatic N) is 1. The molecule has 0 heterocycles. The molecule has 0 bridgehead atoms. The van der Waals surface area contributed by atoms with Crippen LogP contribution < -0.4 is 0 Å². The summed E-state index contributed by atoms with van der Waals surface area (Å²) in [6, 6.07) is 0. The highest BCUT2D eigenvalue weighted by Crippen LogP contribution is 1.04. The van der Waals surface area contributed by atoms with Gasteiger partial charge >= 0.3 is 0 Å². The first kappa shape index (κ1) is 8.88. The molecule has 0 aliphatic carbocycles. The molecule has 0 aromatic heterocycles. The van der Waals surface area contributed by atoms with Gasteiger partial charge in [0.2, 0.25) is 7.85 Å². The number of hydrogen-bond acceptors (Lipinski definition) is 2. The lowest BCUT2D eigenvalue weighted by molar-refractivity contribution is -0.0979. The minimum Gasteiger partial charge on any atom is -0.307 e. The molecule has 0 amide bonds. The lowest BCUT2D eigenvalue weighted by atomic mass is 10.2. The summed E-state index contributed by atoms with van der Waals surface area (Å²) >= 11 is 0. The maximum Gasteiger partial charge on any atom is 0.229 e. The van der Waals surface area contributed by atoms with Crippen molar-refractivity contribution in [1.82, 2.24) is 0 Å². The van der Waals surface area contributed by atoms with Crippen molar-refractivity contribution in [2.24, 2.45) is 0 Å². The molecule has 0 atom stereocenters. The van der Waals surface area contributed by atoms with Crippen LogP contribution in [0.15, 0.2) is 0 Å². The fraction of sp³-hybridized carbons (Fsp3) is 0. The second-order valence-corrected chi connectivity index (χ2v) is 0.129. The van der Waals surface area contributed by atoms with Crippen molar-refractivity contribution in [1.29, 1.82) is 5.26 Å². The molecule has 0 unspecified atom stereocenters. The van der Waals surface area contributed by atoms with Gasteiger partial charge in [0.15, 0.2) is 0 Å². The molecule has 3 heteroatoms. The van der Waals surface area contributed by atoms with Crippen LogP contribution in [0.2, 0.25) is 0 Å². The maximum absolute atomic E-state index is 8.00. The van der Waals surface area contributed by atoms with E-state index in [4.69, 9.17) is 10.1 Å². The van der Waals surface area contributed by atoms with Crippen LogP contribution in [0.3, 0.4) is 0 Å². The topological polar surface area (TPSA) is 40.9 Å². The maximum atomic E-state index is 8.00. The van der Waals surface area contributed by atoms with Gasteiger partial charge in [-0.2, -0.15) is 0 Å². The Morgan fingerprint density at radius 3 is 1.80 bits per heavy atom. The molecule has 0 aliphatic rings. The van der Waals surface area contributed by atoms with Crippen LogP contribution in [0, 0.1) is 11.2 Å². The quantitative estimate of drug-likeness (QED) is 0.356. The second-order valence-electron chi connectivity index (χ2n) is 0.129. The van der Waals surface area contributed by atoms with Crippen molar-refractivity contribution in [3.63, 3.8) is 0 Å². The molecular formula is C2H2BNO. The van der Waals surface area contributed by atoms with Gasteiger partial charge in [-0.15, -0.1) is 0 Å². The first-order valence-electron chi connectivity index (χ1n) is 0.801. The van der Waals surface area contributed by atoms with Crippen LogP contribution in [-0.4, -0.2) is 14.6 Å². The summed E-state index contributed by atoms with van der Waals surface area (Å²) in [5.41, 5.74) is 0. The molecule has 0 aliphatic heterocycles. The van der Waals surface area contributed by atoms with E-state index in [9.17, 15) is 0 Å². The summed E-state index contributed by atoms with van der Waals surface area (Å²) in [5, 5.41) is 7.10.